The second-order valence-corrected chi connectivity index (χ2v) is 7.91. The minimum Gasteiger partial charge on any atom is -0.454 e. The third-order valence-electron chi connectivity index (χ3n) is 5.53. The third kappa shape index (κ3) is 3.97. The highest BCUT2D eigenvalue weighted by Crippen LogP contribution is 2.33. The third-order valence-corrected chi connectivity index (χ3v) is 5.86. The Balaban J connectivity index is 1.42. The highest BCUT2D eigenvalue weighted by molar-refractivity contribution is 6.33. The average Bonchev–Trinajstić information content (AvgIpc) is 3.43. The van der Waals surface area contributed by atoms with Gasteiger partial charge in [0.15, 0.2) is 11.5 Å². The molecule has 0 spiro atoms. The number of rotatable bonds is 6. The summed E-state index contributed by atoms with van der Waals surface area (Å²) >= 11 is 6.33. The van der Waals surface area contributed by atoms with Crippen LogP contribution in [0.25, 0.3) is 10.9 Å². The highest BCUT2D eigenvalue weighted by Gasteiger charge is 2.21. The van der Waals surface area contributed by atoms with Crippen molar-refractivity contribution in [3.63, 3.8) is 0 Å². The SMILES string of the molecule is O=C(c1ccccc1Cl)N(CCc1c[nH]c2ccccc12)Cc1ccc2c(c1)OCO2. The topological polar surface area (TPSA) is 54.6 Å². The zero-order valence-corrected chi connectivity index (χ0v) is 17.6. The fraction of sp³-hybridized carbons (Fsp3) is 0.160. The van der Waals surface area contributed by atoms with Gasteiger partial charge in [-0.15, -0.1) is 0 Å². The van der Waals surface area contributed by atoms with Gasteiger partial charge in [0.2, 0.25) is 6.79 Å². The molecule has 1 N–H and O–H groups in total. The van der Waals surface area contributed by atoms with Crippen LogP contribution < -0.4 is 9.47 Å². The minimum atomic E-state index is -0.0943. The highest BCUT2D eigenvalue weighted by atomic mass is 35.5. The molecule has 0 unspecified atom stereocenters. The molecule has 3 aromatic carbocycles. The number of carbonyl (C=O) groups is 1. The summed E-state index contributed by atoms with van der Waals surface area (Å²) < 4.78 is 10.9. The monoisotopic (exact) mass is 432 g/mol. The van der Waals surface area contributed by atoms with E-state index in [4.69, 9.17) is 21.1 Å². The van der Waals surface area contributed by atoms with Crippen LogP contribution in [-0.4, -0.2) is 29.1 Å². The van der Waals surface area contributed by atoms with Crippen molar-refractivity contribution in [3.05, 3.63) is 94.6 Å². The molecule has 1 aliphatic rings. The first kappa shape index (κ1) is 19.5. The first-order chi connectivity index (χ1) is 15.2. The smallest absolute Gasteiger partial charge is 0.255 e. The Kier molecular flexibility index (Phi) is 5.26. The first-order valence-electron chi connectivity index (χ1n) is 10.2. The quantitative estimate of drug-likeness (QED) is 0.441. The number of ether oxygens (including phenoxy) is 2. The molecule has 31 heavy (non-hydrogen) atoms. The van der Waals surface area contributed by atoms with E-state index in [1.54, 1.807) is 12.1 Å². The lowest BCUT2D eigenvalue weighted by Gasteiger charge is -2.23. The van der Waals surface area contributed by atoms with E-state index in [9.17, 15) is 4.79 Å². The number of nitrogens with one attached hydrogen (secondary N) is 1. The van der Waals surface area contributed by atoms with E-state index in [0.29, 0.717) is 29.4 Å². The zero-order valence-electron chi connectivity index (χ0n) is 16.8. The van der Waals surface area contributed by atoms with Crippen LogP contribution in [-0.2, 0) is 13.0 Å². The number of hydrogen-bond acceptors (Lipinski definition) is 3. The maximum absolute atomic E-state index is 13.4. The van der Waals surface area contributed by atoms with Gasteiger partial charge in [-0.2, -0.15) is 0 Å². The van der Waals surface area contributed by atoms with Crippen LogP contribution >= 0.6 is 11.6 Å². The van der Waals surface area contributed by atoms with E-state index in [-0.39, 0.29) is 12.7 Å². The van der Waals surface area contributed by atoms with Crippen molar-refractivity contribution >= 4 is 28.4 Å². The van der Waals surface area contributed by atoms with Crippen LogP contribution in [0.1, 0.15) is 21.5 Å². The van der Waals surface area contributed by atoms with Gasteiger partial charge in [0.05, 0.1) is 10.6 Å². The summed E-state index contributed by atoms with van der Waals surface area (Å²) in [7, 11) is 0. The molecule has 156 valence electrons. The molecule has 5 rings (SSSR count). The summed E-state index contributed by atoms with van der Waals surface area (Å²) in [5.41, 5.74) is 3.75. The van der Waals surface area contributed by atoms with Gasteiger partial charge >= 0.3 is 0 Å². The summed E-state index contributed by atoms with van der Waals surface area (Å²) in [4.78, 5) is 18.5. The summed E-state index contributed by atoms with van der Waals surface area (Å²) in [6.07, 6.45) is 2.74. The number of benzene rings is 3. The number of amides is 1. The summed E-state index contributed by atoms with van der Waals surface area (Å²) in [6, 6.07) is 21.1. The fourth-order valence-corrected chi connectivity index (χ4v) is 4.13. The van der Waals surface area contributed by atoms with Crippen LogP contribution in [0.5, 0.6) is 11.5 Å². The van der Waals surface area contributed by atoms with E-state index >= 15 is 0 Å². The molecule has 1 amide bonds. The van der Waals surface area contributed by atoms with Crippen LogP contribution in [0.3, 0.4) is 0 Å². The number of aromatic nitrogens is 1. The Morgan fingerprint density at radius 3 is 2.71 bits per heavy atom. The lowest BCUT2D eigenvalue weighted by atomic mass is 10.1. The standard InChI is InChI=1S/C25H21ClN2O3/c26-21-7-3-1-6-20(21)25(29)28(15-17-9-10-23-24(13-17)31-16-30-23)12-11-18-14-27-22-8-4-2-5-19(18)22/h1-10,13-14,27H,11-12,15-16H2. The molecule has 5 nitrogen and oxygen atoms in total. The number of para-hydroxylation sites is 1. The van der Waals surface area contributed by atoms with Crippen molar-refractivity contribution in [3.8, 4) is 11.5 Å². The van der Waals surface area contributed by atoms with Crippen molar-refractivity contribution < 1.29 is 14.3 Å². The molecular formula is C25H21ClN2O3. The van der Waals surface area contributed by atoms with Crippen molar-refractivity contribution in [2.45, 2.75) is 13.0 Å². The molecular weight excluding hydrogens is 412 g/mol. The lowest BCUT2D eigenvalue weighted by molar-refractivity contribution is 0.0745. The number of aromatic amines is 1. The molecule has 1 aliphatic heterocycles. The molecule has 4 aromatic rings. The molecule has 0 radical (unpaired) electrons. The molecule has 0 fully saturated rings. The minimum absolute atomic E-state index is 0.0943. The normalized spacial score (nSPS) is 12.3. The number of nitrogens with zero attached hydrogens (tertiary/aromatic N) is 1. The molecule has 0 aliphatic carbocycles. The Hall–Kier alpha value is -3.44. The van der Waals surface area contributed by atoms with E-state index in [2.05, 4.69) is 17.1 Å². The van der Waals surface area contributed by atoms with Crippen LogP contribution in [0, 0.1) is 0 Å². The van der Waals surface area contributed by atoms with E-state index < -0.39 is 0 Å². The molecule has 0 atom stereocenters. The Morgan fingerprint density at radius 1 is 1.00 bits per heavy atom. The number of carbonyl (C=O) groups excluding carboxylic acids is 1. The van der Waals surface area contributed by atoms with E-state index in [1.807, 2.05) is 53.6 Å². The lowest BCUT2D eigenvalue weighted by Crippen LogP contribution is -2.32. The zero-order chi connectivity index (χ0) is 21.2. The van der Waals surface area contributed by atoms with Crippen molar-refractivity contribution in [1.29, 1.82) is 0 Å². The second-order valence-electron chi connectivity index (χ2n) is 7.50. The van der Waals surface area contributed by atoms with Gasteiger partial charge in [0, 0.05) is 30.2 Å². The van der Waals surface area contributed by atoms with E-state index in [1.165, 1.54) is 10.9 Å². The molecule has 1 aromatic heterocycles. The molecule has 2 heterocycles. The van der Waals surface area contributed by atoms with E-state index in [0.717, 1.165) is 23.3 Å². The summed E-state index contributed by atoms with van der Waals surface area (Å²) in [5, 5.41) is 1.63. The number of H-pyrrole nitrogens is 1. The number of fused-ring (bicyclic) bond motifs is 2. The number of halogens is 1. The van der Waals surface area contributed by atoms with Gasteiger partial charge in [-0.25, -0.2) is 0 Å². The van der Waals surface area contributed by atoms with Crippen molar-refractivity contribution in [1.82, 2.24) is 9.88 Å². The van der Waals surface area contributed by atoms with Gasteiger partial charge < -0.3 is 19.4 Å². The maximum atomic E-state index is 13.4. The van der Waals surface area contributed by atoms with Crippen LogP contribution in [0.2, 0.25) is 5.02 Å². The Morgan fingerprint density at radius 2 is 1.81 bits per heavy atom. The van der Waals surface area contributed by atoms with Crippen LogP contribution in [0.4, 0.5) is 0 Å². The molecule has 0 saturated heterocycles. The van der Waals surface area contributed by atoms with Gasteiger partial charge in [-0.3, -0.25) is 4.79 Å². The Bertz CT molecular complexity index is 1250. The van der Waals surface area contributed by atoms with Gasteiger partial charge in [-0.1, -0.05) is 48.0 Å². The van der Waals surface area contributed by atoms with Gasteiger partial charge in [-0.05, 0) is 47.9 Å². The fourth-order valence-electron chi connectivity index (χ4n) is 3.91. The average molecular weight is 433 g/mol. The largest absolute Gasteiger partial charge is 0.454 e. The van der Waals surface area contributed by atoms with Crippen LogP contribution in [0.15, 0.2) is 72.9 Å². The van der Waals surface area contributed by atoms with Gasteiger partial charge in [0.25, 0.3) is 5.91 Å². The first-order valence-corrected chi connectivity index (χ1v) is 10.5. The molecule has 0 bridgehead atoms. The van der Waals surface area contributed by atoms with Crippen molar-refractivity contribution in [2.75, 3.05) is 13.3 Å². The maximum Gasteiger partial charge on any atom is 0.255 e. The summed E-state index contributed by atoms with van der Waals surface area (Å²) in [5.74, 6) is 1.34. The molecule has 6 heteroatoms. The molecule has 0 saturated carbocycles. The predicted molar refractivity (Wildman–Crippen MR) is 121 cm³/mol. The summed E-state index contributed by atoms with van der Waals surface area (Å²) in [6.45, 7) is 1.23. The second kappa shape index (κ2) is 8.36. The van der Waals surface area contributed by atoms with Crippen molar-refractivity contribution in [2.24, 2.45) is 0 Å². The Labute approximate surface area is 185 Å². The number of hydrogen-bond donors (Lipinski definition) is 1. The predicted octanol–water partition coefficient (Wildman–Crippen LogP) is 5.44. The van der Waals surface area contributed by atoms with Gasteiger partial charge in [0.1, 0.15) is 0 Å².